The Morgan fingerprint density at radius 3 is 2.68 bits per heavy atom. The fourth-order valence-electron chi connectivity index (χ4n) is 3.51. The van der Waals surface area contributed by atoms with Gasteiger partial charge in [-0.1, -0.05) is 6.92 Å². The molecule has 0 fully saturated rings. The van der Waals surface area contributed by atoms with Gasteiger partial charge in [-0.15, -0.1) is 11.3 Å². The molecule has 164 valence electrons. The van der Waals surface area contributed by atoms with Crippen molar-refractivity contribution in [2.75, 3.05) is 25.1 Å². The van der Waals surface area contributed by atoms with E-state index in [0.717, 1.165) is 29.7 Å². The highest BCUT2D eigenvalue weighted by atomic mass is 32.1. The highest BCUT2D eigenvalue weighted by Gasteiger charge is 2.25. The summed E-state index contributed by atoms with van der Waals surface area (Å²) < 4.78 is 16.2. The lowest BCUT2D eigenvalue weighted by molar-refractivity contribution is -0.119. The van der Waals surface area contributed by atoms with E-state index in [-0.39, 0.29) is 5.56 Å². The van der Waals surface area contributed by atoms with Crippen LogP contribution in [0.4, 0.5) is 5.00 Å². The lowest BCUT2D eigenvalue weighted by atomic mass is 9.89. The molecule has 0 saturated heterocycles. The van der Waals surface area contributed by atoms with Gasteiger partial charge in [0.1, 0.15) is 11.1 Å². The van der Waals surface area contributed by atoms with Crippen molar-refractivity contribution in [1.82, 2.24) is 0 Å². The molecule has 1 aromatic heterocycles. The normalized spacial score (nSPS) is 14.8. The highest BCUT2D eigenvalue weighted by Crippen LogP contribution is 2.39. The first kappa shape index (κ1) is 22.6. The summed E-state index contributed by atoms with van der Waals surface area (Å²) in [7, 11) is 0. The zero-order valence-electron chi connectivity index (χ0n) is 17.9. The van der Waals surface area contributed by atoms with Gasteiger partial charge in [-0.2, -0.15) is 5.26 Å². The summed E-state index contributed by atoms with van der Waals surface area (Å²) in [5, 5.41) is 12.8. The molecule has 0 spiro atoms. The molecule has 0 radical (unpaired) electrons. The van der Waals surface area contributed by atoms with Crippen LogP contribution in [0.5, 0.6) is 11.5 Å². The number of carbonyl (C=O) groups is 2. The average Bonchev–Trinajstić information content (AvgIpc) is 3.09. The molecule has 1 unspecified atom stereocenters. The molecular formula is C23H26N2O5S. The molecule has 7 nitrogen and oxygen atoms in total. The third kappa shape index (κ3) is 5.36. The van der Waals surface area contributed by atoms with Crippen molar-refractivity contribution in [3.8, 4) is 17.6 Å². The summed E-state index contributed by atoms with van der Waals surface area (Å²) in [6, 6.07) is 6.96. The molecule has 1 heterocycles. The Balaban J connectivity index is 1.63. The number of nitrogens with one attached hydrogen (secondary N) is 1. The van der Waals surface area contributed by atoms with Gasteiger partial charge >= 0.3 is 5.97 Å². The Morgan fingerprint density at radius 1 is 1.23 bits per heavy atom. The zero-order chi connectivity index (χ0) is 22.4. The van der Waals surface area contributed by atoms with Crippen LogP contribution < -0.4 is 14.8 Å². The van der Waals surface area contributed by atoms with Gasteiger partial charge in [0.2, 0.25) is 0 Å². The minimum absolute atomic E-state index is 0.262. The number of fused-ring (bicyclic) bond motifs is 1. The molecule has 0 bridgehead atoms. The largest absolute Gasteiger partial charge is 0.490 e. The monoisotopic (exact) mass is 442 g/mol. The fraction of sp³-hybridized carbons (Fsp3) is 0.435. The molecule has 1 amide bonds. The molecule has 2 aromatic rings. The van der Waals surface area contributed by atoms with Crippen molar-refractivity contribution >= 4 is 28.2 Å². The predicted octanol–water partition coefficient (Wildman–Crippen LogP) is 4.34. The van der Waals surface area contributed by atoms with Crippen LogP contribution >= 0.6 is 11.3 Å². The maximum absolute atomic E-state index is 12.4. The Kier molecular flexibility index (Phi) is 7.53. The second-order valence-corrected chi connectivity index (χ2v) is 8.42. The number of carbonyl (C=O) groups excluding carboxylic acids is 2. The Bertz CT molecular complexity index is 1010. The van der Waals surface area contributed by atoms with Gasteiger partial charge in [-0.3, -0.25) is 4.79 Å². The van der Waals surface area contributed by atoms with E-state index in [1.165, 1.54) is 17.4 Å². The zero-order valence-corrected chi connectivity index (χ0v) is 18.8. The molecule has 8 heteroatoms. The number of rotatable bonds is 8. The second kappa shape index (κ2) is 10.3. The minimum Gasteiger partial charge on any atom is -0.490 e. The van der Waals surface area contributed by atoms with E-state index in [0.29, 0.717) is 41.2 Å². The number of amides is 1. The molecule has 0 saturated carbocycles. The number of nitrogens with zero attached hydrogens (tertiary/aromatic N) is 1. The Morgan fingerprint density at radius 2 is 1.97 bits per heavy atom. The maximum Gasteiger partial charge on any atom is 0.338 e. The topological polar surface area (TPSA) is 97.6 Å². The molecule has 1 aliphatic rings. The average molecular weight is 443 g/mol. The number of esters is 1. The summed E-state index contributed by atoms with van der Waals surface area (Å²) in [6.07, 6.45) is 2.80. The molecule has 31 heavy (non-hydrogen) atoms. The van der Waals surface area contributed by atoms with Crippen LogP contribution in [0.1, 0.15) is 53.6 Å². The van der Waals surface area contributed by atoms with Gasteiger partial charge in [-0.25, -0.2) is 4.79 Å². The van der Waals surface area contributed by atoms with E-state index in [1.54, 1.807) is 12.1 Å². The number of benzene rings is 1. The van der Waals surface area contributed by atoms with Crippen LogP contribution in [0.25, 0.3) is 0 Å². The molecule has 1 aliphatic carbocycles. The molecule has 3 rings (SSSR count). The molecule has 1 atom stereocenters. The number of nitriles is 1. The second-order valence-electron chi connectivity index (χ2n) is 7.32. The summed E-state index contributed by atoms with van der Waals surface area (Å²) in [5.41, 5.74) is 1.83. The van der Waals surface area contributed by atoms with Crippen molar-refractivity contribution in [1.29, 1.82) is 5.26 Å². The van der Waals surface area contributed by atoms with Gasteiger partial charge < -0.3 is 19.5 Å². The smallest absolute Gasteiger partial charge is 0.338 e. The van der Waals surface area contributed by atoms with Crippen molar-refractivity contribution in [3.63, 3.8) is 0 Å². The summed E-state index contributed by atoms with van der Waals surface area (Å²) in [4.78, 5) is 25.9. The Hall–Kier alpha value is -3.05. The van der Waals surface area contributed by atoms with E-state index in [4.69, 9.17) is 14.2 Å². The number of hydrogen-bond donors (Lipinski definition) is 1. The van der Waals surface area contributed by atoms with Crippen LogP contribution in [0.3, 0.4) is 0 Å². The van der Waals surface area contributed by atoms with Crippen molar-refractivity contribution in [3.05, 3.63) is 39.8 Å². The van der Waals surface area contributed by atoms with Crippen molar-refractivity contribution in [2.24, 2.45) is 5.92 Å². The standard InChI is InChI=1S/C23H26N2O5S/c1-4-28-18-9-7-15(11-19(18)29-5-2)23(27)30-13-21(26)25-22-17(12-24)16-8-6-14(3)10-20(16)31-22/h7,9,11,14H,4-6,8,10,13H2,1-3H3,(H,25,26). The van der Waals surface area contributed by atoms with Crippen molar-refractivity contribution in [2.45, 2.75) is 40.0 Å². The highest BCUT2D eigenvalue weighted by molar-refractivity contribution is 7.16. The van der Waals surface area contributed by atoms with Crippen LogP contribution in [-0.2, 0) is 22.4 Å². The molecular weight excluding hydrogens is 416 g/mol. The number of ether oxygens (including phenoxy) is 3. The van der Waals surface area contributed by atoms with E-state index in [9.17, 15) is 14.9 Å². The van der Waals surface area contributed by atoms with Gasteiger partial charge in [0, 0.05) is 4.88 Å². The lowest BCUT2D eigenvalue weighted by Gasteiger charge is -2.17. The van der Waals surface area contributed by atoms with Crippen LogP contribution in [-0.4, -0.2) is 31.7 Å². The van der Waals surface area contributed by atoms with Crippen LogP contribution in [0.15, 0.2) is 18.2 Å². The molecule has 1 aromatic carbocycles. The first-order valence-electron chi connectivity index (χ1n) is 10.4. The Labute approximate surface area is 185 Å². The van der Waals surface area contributed by atoms with E-state index >= 15 is 0 Å². The van der Waals surface area contributed by atoms with Crippen LogP contribution in [0.2, 0.25) is 0 Å². The van der Waals surface area contributed by atoms with Gasteiger partial charge in [0.25, 0.3) is 5.91 Å². The number of anilines is 1. The van der Waals surface area contributed by atoms with Crippen LogP contribution in [0, 0.1) is 17.2 Å². The fourth-order valence-corrected chi connectivity index (χ4v) is 4.89. The first-order chi connectivity index (χ1) is 15.0. The minimum atomic E-state index is -0.640. The molecule has 0 aliphatic heterocycles. The quantitative estimate of drug-likeness (QED) is 0.611. The SMILES string of the molecule is CCOc1ccc(C(=O)OCC(=O)Nc2sc3c(c2C#N)CCC(C)C3)cc1OCC. The lowest BCUT2D eigenvalue weighted by Crippen LogP contribution is -2.21. The van der Waals surface area contributed by atoms with Gasteiger partial charge in [-0.05, 0) is 62.8 Å². The van der Waals surface area contributed by atoms with Gasteiger partial charge in [0.05, 0.1) is 24.3 Å². The van der Waals surface area contributed by atoms with Crippen molar-refractivity contribution < 1.29 is 23.8 Å². The van der Waals surface area contributed by atoms with Gasteiger partial charge in [0.15, 0.2) is 18.1 Å². The molecule has 1 N–H and O–H groups in total. The predicted molar refractivity (Wildman–Crippen MR) is 118 cm³/mol. The van der Waals surface area contributed by atoms with E-state index in [1.807, 2.05) is 13.8 Å². The first-order valence-corrected chi connectivity index (χ1v) is 11.2. The summed E-state index contributed by atoms with van der Waals surface area (Å²) >= 11 is 1.44. The third-order valence-corrected chi connectivity index (χ3v) is 6.16. The van der Waals surface area contributed by atoms with E-state index < -0.39 is 18.5 Å². The maximum atomic E-state index is 12.4. The number of thiophene rings is 1. The summed E-state index contributed by atoms with van der Waals surface area (Å²) in [5.74, 6) is 0.434. The number of hydrogen-bond acceptors (Lipinski definition) is 7. The third-order valence-electron chi connectivity index (χ3n) is 4.99. The summed E-state index contributed by atoms with van der Waals surface area (Å²) in [6.45, 7) is 6.33. The van der Waals surface area contributed by atoms with E-state index in [2.05, 4.69) is 18.3 Å².